The van der Waals surface area contributed by atoms with E-state index in [0.29, 0.717) is 11.6 Å². The molecule has 2 rings (SSSR count). The topological polar surface area (TPSA) is 48.5 Å². The maximum Gasteiger partial charge on any atom is 0.254 e. The number of amides is 1. The standard InChI is InChI=1S/C16H26N4O/c1-4-20(12-14-7-5-6-10-17-14)15-9-8-13(11-18-15)16(21)19(2)3/h8-9,11,14,17H,4-7,10,12H2,1-3H3. The van der Waals surface area contributed by atoms with Crippen LogP contribution in [0.1, 0.15) is 36.5 Å². The molecule has 116 valence electrons. The van der Waals surface area contributed by atoms with Gasteiger partial charge < -0.3 is 15.1 Å². The largest absolute Gasteiger partial charge is 0.355 e. The molecule has 0 radical (unpaired) electrons. The van der Waals surface area contributed by atoms with Crippen molar-refractivity contribution in [2.24, 2.45) is 0 Å². The van der Waals surface area contributed by atoms with Crippen molar-refractivity contribution in [3.63, 3.8) is 0 Å². The van der Waals surface area contributed by atoms with Crippen molar-refractivity contribution in [1.82, 2.24) is 15.2 Å². The fraction of sp³-hybridized carbons (Fsp3) is 0.625. The first-order valence-electron chi connectivity index (χ1n) is 7.78. The Hall–Kier alpha value is -1.62. The van der Waals surface area contributed by atoms with Crippen LogP contribution >= 0.6 is 0 Å². The Morgan fingerprint density at radius 1 is 1.38 bits per heavy atom. The third-order valence-electron chi connectivity index (χ3n) is 3.96. The first-order valence-corrected chi connectivity index (χ1v) is 7.78. The van der Waals surface area contributed by atoms with E-state index in [4.69, 9.17) is 0 Å². The number of carbonyl (C=O) groups is 1. The number of anilines is 1. The number of carbonyl (C=O) groups excluding carboxylic acids is 1. The van der Waals surface area contributed by atoms with Gasteiger partial charge in [0.15, 0.2) is 0 Å². The Bertz CT molecular complexity index is 452. The molecule has 5 heteroatoms. The molecule has 1 N–H and O–H groups in total. The Kier molecular flexibility index (Phi) is 5.56. The van der Waals surface area contributed by atoms with E-state index >= 15 is 0 Å². The molecule has 1 aromatic heterocycles. The highest BCUT2D eigenvalue weighted by Gasteiger charge is 2.17. The van der Waals surface area contributed by atoms with Crippen LogP contribution in [0.2, 0.25) is 0 Å². The van der Waals surface area contributed by atoms with E-state index in [0.717, 1.165) is 25.5 Å². The molecular formula is C16H26N4O. The third kappa shape index (κ3) is 4.17. The molecule has 5 nitrogen and oxygen atoms in total. The van der Waals surface area contributed by atoms with Gasteiger partial charge in [-0.25, -0.2) is 4.98 Å². The van der Waals surface area contributed by atoms with E-state index < -0.39 is 0 Å². The molecule has 1 aliphatic heterocycles. The van der Waals surface area contributed by atoms with Gasteiger partial charge in [0.2, 0.25) is 0 Å². The van der Waals surface area contributed by atoms with E-state index in [9.17, 15) is 4.79 Å². The maximum atomic E-state index is 11.9. The molecule has 0 spiro atoms. The van der Waals surface area contributed by atoms with Gasteiger partial charge in [0.25, 0.3) is 5.91 Å². The minimum Gasteiger partial charge on any atom is -0.355 e. The quantitative estimate of drug-likeness (QED) is 0.897. The summed E-state index contributed by atoms with van der Waals surface area (Å²) in [5.41, 5.74) is 0.635. The summed E-state index contributed by atoms with van der Waals surface area (Å²) in [5, 5.41) is 3.57. The summed E-state index contributed by atoms with van der Waals surface area (Å²) in [6.45, 7) is 5.16. The average Bonchev–Trinajstić information content (AvgIpc) is 2.53. The van der Waals surface area contributed by atoms with Gasteiger partial charge in [0.05, 0.1) is 5.56 Å². The van der Waals surface area contributed by atoms with Crippen LogP contribution in [0.4, 0.5) is 5.82 Å². The molecule has 1 aliphatic rings. The van der Waals surface area contributed by atoms with Crippen LogP contribution in [0, 0.1) is 0 Å². The molecule has 1 unspecified atom stereocenters. The molecule has 21 heavy (non-hydrogen) atoms. The fourth-order valence-corrected chi connectivity index (χ4v) is 2.69. The second-order valence-corrected chi connectivity index (χ2v) is 5.79. The summed E-state index contributed by atoms with van der Waals surface area (Å²) >= 11 is 0. The van der Waals surface area contributed by atoms with Crippen molar-refractivity contribution in [3.8, 4) is 0 Å². The number of piperidine rings is 1. The minimum atomic E-state index is -0.00829. The van der Waals surface area contributed by atoms with Crippen molar-refractivity contribution in [1.29, 1.82) is 0 Å². The summed E-state index contributed by atoms with van der Waals surface area (Å²) in [5.74, 6) is 0.936. The Balaban J connectivity index is 2.02. The van der Waals surface area contributed by atoms with Crippen molar-refractivity contribution in [2.45, 2.75) is 32.2 Å². The molecule has 1 aromatic rings. The molecule has 0 aromatic carbocycles. The number of rotatable bonds is 5. The van der Waals surface area contributed by atoms with Crippen LogP contribution in [0.5, 0.6) is 0 Å². The minimum absolute atomic E-state index is 0.00829. The second kappa shape index (κ2) is 7.41. The fourth-order valence-electron chi connectivity index (χ4n) is 2.69. The molecule has 1 saturated heterocycles. The van der Waals surface area contributed by atoms with Gasteiger partial charge in [-0.15, -0.1) is 0 Å². The Labute approximate surface area is 127 Å². The molecule has 0 bridgehead atoms. The molecule has 0 aliphatic carbocycles. The smallest absolute Gasteiger partial charge is 0.254 e. The zero-order valence-corrected chi connectivity index (χ0v) is 13.3. The molecular weight excluding hydrogens is 264 g/mol. The van der Waals surface area contributed by atoms with Crippen molar-refractivity contribution in [3.05, 3.63) is 23.9 Å². The van der Waals surface area contributed by atoms with E-state index in [-0.39, 0.29) is 5.91 Å². The summed E-state index contributed by atoms with van der Waals surface area (Å²) in [6.07, 6.45) is 5.49. The highest BCUT2D eigenvalue weighted by molar-refractivity contribution is 5.93. The molecule has 1 amide bonds. The van der Waals surface area contributed by atoms with Gasteiger partial charge in [-0.1, -0.05) is 6.42 Å². The van der Waals surface area contributed by atoms with Crippen LogP contribution in [0.15, 0.2) is 18.3 Å². The van der Waals surface area contributed by atoms with Gasteiger partial charge in [-0.05, 0) is 38.4 Å². The number of pyridine rings is 1. The average molecular weight is 290 g/mol. The Morgan fingerprint density at radius 3 is 2.71 bits per heavy atom. The predicted octanol–water partition coefficient (Wildman–Crippen LogP) is 1.75. The van der Waals surface area contributed by atoms with E-state index in [1.807, 2.05) is 12.1 Å². The first-order chi connectivity index (χ1) is 10.1. The lowest BCUT2D eigenvalue weighted by molar-refractivity contribution is 0.0827. The third-order valence-corrected chi connectivity index (χ3v) is 3.96. The molecule has 1 atom stereocenters. The monoisotopic (exact) mass is 290 g/mol. The lowest BCUT2D eigenvalue weighted by Crippen LogP contribution is -2.44. The SMILES string of the molecule is CCN(CC1CCCCN1)c1ccc(C(=O)N(C)C)cn1. The van der Waals surface area contributed by atoms with Crippen molar-refractivity contribution < 1.29 is 4.79 Å². The zero-order valence-electron chi connectivity index (χ0n) is 13.3. The van der Waals surface area contributed by atoms with Crippen LogP contribution < -0.4 is 10.2 Å². The number of likely N-dealkylation sites (N-methyl/N-ethyl adjacent to an activating group) is 1. The van der Waals surface area contributed by atoms with E-state index in [1.165, 1.54) is 19.3 Å². The van der Waals surface area contributed by atoms with Crippen LogP contribution in [0.25, 0.3) is 0 Å². The summed E-state index contributed by atoms with van der Waals surface area (Å²) in [6, 6.07) is 4.36. The number of nitrogens with zero attached hydrogens (tertiary/aromatic N) is 3. The number of aromatic nitrogens is 1. The Morgan fingerprint density at radius 2 is 2.19 bits per heavy atom. The van der Waals surface area contributed by atoms with Gasteiger partial charge in [-0.2, -0.15) is 0 Å². The second-order valence-electron chi connectivity index (χ2n) is 5.79. The summed E-state index contributed by atoms with van der Waals surface area (Å²) in [7, 11) is 3.51. The highest BCUT2D eigenvalue weighted by atomic mass is 16.2. The van der Waals surface area contributed by atoms with Gasteiger partial charge in [0, 0.05) is 39.4 Å². The predicted molar refractivity (Wildman–Crippen MR) is 85.8 cm³/mol. The maximum absolute atomic E-state index is 11.9. The lowest BCUT2D eigenvalue weighted by Gasteiger charge is -2.30. The van der Waals surface area contributed by atoms with Crippen molar-refractivity contribution in [2.75, 3.05) is 38.6 Å². The molecule has 2 heterocycles. The van der Waals surface area contributed by atoms with Crippen LogP contribution in [-0.4, -0.2) is 55.6 Å². The number of hydrogen-bond donors (Lipinski definition) is 1. The number of nitrogens with one attached hydrogen (secondary N) is 1. The van der Waals surface area contributed by atoms with E-state index in [2.05, 4.69) is 22.1 Å². The molecule has 0 saturated carbocycles. The summed E-state index contributed by atoms with van der Waals surface area (Å²) < 4.78 is 0. The van der Waals surface area contributed by atoms with E-state index in [1.54, 1.807) is 25.2 Å². The van der Waals surface area contributed by atoms with Crippen LogP contribution in [-0.2, 0) is 0 Å². The summed E-state index contributed by atoms with van der Waals surface area (Å²) in [4.78, 5) is 20.2. The molecule has 1 fully saturated rings. The van der Waals surface area contributed by atoms with Gasteiger partial charge >= 0.3 is 0 Å². The normalized spacial score (nSPS) is 18.3. The highest BCUT2D eigenvalue weighted by Crippen LogP contribution is 2.15. The van der Waals surface area contributed by atoms with Crippen LogP contribution in [0.3, 0.4) is 0 Å². The van der Waals surface area contributed by atoms with Crippen molar-refractivity contribution >= 4 is 11.7 Å². The number of hydrogen-bond acceptors (Lipinski definition) is 4. The van der Waals surface area contributed by atoms with Gasteiger partial charge in [0.1, 0.15) is 5.82 Å². The first kappa shape index (κ1) is 15.8. The van der Waals surface area contributed by atoms with Gasteiger partial charge in [-0.3, -0.25) is 4.79 Å². The lowest BCUT2D eigenvalue weighted by atomic mass is 10.0. The zero-order chi connectivity index (χ0) is 15.2.